The van der Waals surface area contributed by atoms with Crippen molar-refractivity contribution in [3.05, 3.63) is 70.5 Å². The summed E-state index contributed by atoms with van der Waals surface area (Å²) in [5.41, 5.74) is 1.79. The lowest BCUT2D eigenvalue weighted by Gasteiger charge is -2.06. The molecule has 0 saturated heterocycles. The van der Waals surface area contributed by atoms with Crippen LogP contribution in [0, 0.1) is 5.82 Å². The number of halogens is 2. The monoisotopic (exact) mass is 291 g/mol. The van der Waals surface area contributed by atoms with Crippen molar-refractivity contribution in [1.29, 1.82) is 0 Å². The van der Waals surface area contributed by atoms with Crippen LogP contribution in [0.15, 0.2) is 48.5 Å². The largest absolute Gasteiger partial charge is 0.355 e. The Morgan fingerprint density at radius 2 is 1.85 bits per heavy atom. The van der Waals surface area contributed by atoms with Gasteiger partial charge >= 0.3 is 0 Å². The van der Waals surface area contributed by atoms with Gasteiger partial charge in [-0.05, 0) is 41.8 Å². The minimum atomic E-state index is -0.255. The van der Waals surface area contributed by atoms with E-state index in [4.69, 9.17) is 11.6 Å². The highest BCUT2D eigenvalue weighted by atomic mass is 35.5. The van der Waals surface area contributed by atoms with Crippen LogP contribution in [-0.2, 0) is 17.6 Å². The van der Waals surface area contributed by atoms with Crippen molar-refractivity contribution in [2.24, 2.45) is 0 Å². The Balaban J connectivity index is 1.76. The van der Waals surface area contributed by atoms with Gasteiger partial charge < -0.3 is 5.32 Å². The molecule has 0 aliphatic rings. The van der Waals surface area contributed by atoms with Gasteiger partial charge in [0.2, 0.25) is 5.91 Å². The Morgan fingerprint density at radius 3 is 2.55 bits per heavy atom. The fourth-order valence-electron chi connectivity index (χ4n) is 1.89. The number of amides is 1. The topological polar surface area (TPSA) is 29.1 Å². The zero-order valence-electron chi connectivity index (χ0n) is 10.9. The van der Waals surface area contributed by atoms with Crippen molar-refractivity contribution in [2.45, 2.75) is 12.8 Å². The lowest BCUT2D eigenvalue weighted by molar-refractivity contribution is -0.120. The summed E-state index contributed by atoms with van der Waals surface area (Å²) in [4.78, 5) is 11.7. The average molecular weight is 292 g/mol. The number of hydrogen-bond donors (Lipinski definition) is 1. The maximum atomic E-state index is 13.0. The molecule has 4 heteroatoms. The quantitative estimate of drug-likeness (QED) is 0.899. The van der Waals surface area contributed by atoms with Gasteiger partial charge in [-0.1, -0.05) is 35.9 Å². The normalized spacial score (nSPS) is 10.3. The minimum absolute atomic E-state index is 0.0521. The predicted molar refractivity (Wildman–Crippen MR) is 78.3 cm³/mol. The lowest BCUT2D eigenvalue weighted by Crippen LogP contribution is -2.27. The van der Waals surface area contributed by atoms with E-state index in [9.17, 15) is 9.18 Å². The van der Waals surface area contributed by atoms with E-state index in [1.165, 1.54) is 12.1 Å². The zero-order chi connectivity index (χ0) is 14.4. The molecule has 1 amide bonds. The molecule has 0 aliphatic carbocycles. The third kappa shape index (κ3) is 4.67. The van der Waals surface area contributed by atoms with Gasteiger partial charge in [0.05, 0.1) is 6.42 Å². The van der Waals surface area contributed by atoms with Crippen molar-refractivity contribution in [3.63, 3.8) is 0 Å². The molecule has 2 rings (SSSR count). The van der Waals surface area contributed by atoms with Crippen LogP contribution in [0.5, 0.6) is 0 Å². The fraction of sp³-hybridized carbons (Fsp3) is 0.188. The summed E-state index contributed by atoms with van der Waals surface area (Å²) in [5, 5.41) is 3.47. The predicted octanol–water partition coefficient (Wildman–Crippen LogP) is 3.38. The summed E-state index contributed by atoms with van der Waals surface area (Å²) in [6.07, 6.45) is 0.935. The van der Waals surface area contributed by atoms with E-state index in [0.29, 0.717) is 24.4 Å². The van der Waals surface area contributed by atoms with Crippen molar-refractivity contribution in [3.8, 4) is 0 Å². The standard InChI is InChI=1S/C16H15ClFNO/c17-14-6-4-13(5-7-14)11-16(20)19-9-8-12-2-1-3-15(18)10-12/h1-7,10H,8-9,11H2,(H,19,20). The third-order valence-corrected chi connectivity index (χ3v) is 3.15. The molecule has 0 unspecified atom stereocenters. The number of benzene rings is 2. The second kappa shape index (κ2) is 7.06. The molecule has 1 N–H and O–H groups in total. The smallest absolute Gasteiger partial charge is 0.224 e. The molecule has 0 aliphatic heterocycles. The molecule has 2 nitrogen and oxygen atoms in total. The van der Waals surface area contributed by atoms with Gasteiger partial charge in [-0.3, -0.25) is 4.79 Å². The van der Waals surface area contributed by atoms with Gasteiger partial charge in [0.25, 0.3) is 0 Å². The van der Waals surface area contributed by atoms with E-state index in [2.05, 4.69) is 5.32 Å². The van der Waals surface area contributed by atoms with Gasteiger partial charge in [0.1, 0.15) is 5.82 Å². The van der Waals surface area contributed by atoms with Crippen LogP contribution in [-0.4, -0.2) is 12.5 Å². The van der Waals surface area contributed by atoms with E-state index < -0.39 is 0 Å². The molecule has 0 heterocycles. The summed E-state index contributed by atoms with van der Waals surface area (Å²) in [6.45, 7) is 0.496. The van der Waals surface area contributed by atoms with Crippen molar-refractivity contribution < 1.29 is 9.18 Å². The maximum absolute atomic E-state index is 13.0. The molecule has 0 spiro atoms. The van der Waals surface area contributed by atoms with Gasteiger partial charge in [-0.2, -0.15) is 0 Å². The summed E-state index contributed by atoms with van der Waals surface area (Å²) in [5.74, 6) is -0.307. The number of nitrogens with one attached hydrogen (secondary N) is 1. The minimum Gasteiger partial charge on any atom is -0.355 e. The molecular formula is C16H15ClFNO. The highest BCUT2D eigenvalue weighted by Gasteiger charge is 2.03. The first-order chi connectivity index (χ1) is 9.63. The molecular weight excluding hydrogens is 277 g/mol. The van der Waals surface area contributed by atoms with E-state index in [-0.39, 0.29) is 11.7 Å². The molecule has 0 radical (unpaired) electrons. The van der Waals surface area contributed by atoms with Crippen LogP contribution < -0.4 is 5.32 Å². The molecule has 0 fully saturated rings. The van der Waals surface area contributed by atoms with Gasteiger partial charge in [0.15, 0.2) is 0 Å². The first-order valence-corrected chi connectivity index (χ1v) is 6.77. The van der Waals surface area contributed by atoms with Crippen LogP contribution in [0.4, 0.5) is 4.39 Å². The Bertz CT molecular complexity index is 583. The Labute approximate surface area is 122 Å². The number of carbonyl (C=O) groups is 1. The number of rotatable bonds is 5. The zero-order valence-corrected chi connectivity index (χ0v) is 11.7. The summed E-state index contributed by atoms with van der Waals surface area (Å²) in [6, 6.07) is 13.6. The van der Waals surface area contributed by atoms with E-state index in [0.717, 1.165) is 11.1 Å². The molecule has 0 atom stereocenters. The van der Waals surface area contributed by atoms with Crippen LogP contribution in [0.2, 0.25) is 5.02 Å². The molecule has 0 aromatic heterocycles. The van der Waals surface area contributed by atoms with Gasteiger partial charge in [-0.25, -0.2) is 4.39 Å². The van der Waals surface area contributed by atoms with Crippen LogP contribution >= 0.6 is 11.6 Å². The molecule has 0 saturated carbocycles. The number of carbonyl (C=O) groups excluding carboxylic acids is 1. The summed E-state index contributed by atoms with van der Waals surface area (Å²) in [7, 11) is 0. The molecule has 104 valence electrons. The molecule has 0 bridgehead atoms. The maximum Gasteiger partial charge on any atom is 0.224 e. The van der Waals surface area contributed by atoms with E-state index >= 15 is 0 Å². The van der Waals surface area contributed by atoms with Crippen LogP contribution in [0.1, 0.15) is 11.1 Å². The lowest BCUT2D eigenvalue weighted by atomic mass is 10.1. The molecule has 2 aromatic carbocycles. The Kier molecular flexibility index (Phi) is 5.13. The summed E-state index contributed by atoms with van der Waals surface area (Å²) < 4.78 is 13.0. The fourth-order valence-corrected chi connectivity index (χ4v) is 2.01. The van der Waals surface area contributed by atoms with Crippen LogP contribution in [0.3, 0.4) is 0 Å². The Morgan fingerprint density at radius 1 is 1.10 bits per heavy atom. The SMILES string of the molecule is O=C(Cc1ccc(Cl)cc1)NCCc1cccc(F)c1. The number of hydrogen-bond acceptors (Lipinski definition) is 1. The van der Waals surface area contributed by atoms with Crippen molar-refractivity contribution in [1.82, 2.24) is 5.32 Å². The van der Waals surface area contributed by atoms with Crippen molar-refractivity contribution in [2.75, 3.05) is 6.54 Å². The highest BCUT2D eigenvalue weighted by Crippen LogP contribution is 2.10. The Hall–Kier alpha value is -1.87. The van der Waals surface area contributed by atoms with Gasteiger partial charge in [-0.15, -0.1) is 0 Å². The molecule has 20 heavy (non-hydrogen) atoms. The molecule has 2 aromatic rings. The third-order valence-electron chi connectivity index (χ3n) is 2.90. The first-order valence-electron chi connectivity index (χ1n) is 6.39. The van der Waals surface area contributed by atoms with Gasteiger partial charge in [0, 0.05) is 11.6 Å². The second-order valence-corrected chi connectivity index (χ2v) is 4.97. The first kappa shape index (κ1) is 14.5. The second-order valence-electron chi connectivity index (χ2n) is 4.53. The average Bonchev–Trinajstić information content (AvgIpc) is 2.41. The van der Waals surface area contributed by atoms with Crippen molar-refractivity contribution >= 4 is 17.5 Å². The summed E-state index contributed by atoms with van der Waals surface area (Å²) >= 11 is 5.78. The van der Waals surface area contributed by atoms with Crippen LogP contribution in [0.25, 0.3) is 0 Å². The van der Waals surface area contributed by atoms with E-state index in [1.54, 1.807) is 18.2 Å². The highest BCUT2D eigenvalue weighted by molar-refractivity contribution is 6.30. The van der Waals surface area contributed by atoms with E-state index in [1.807, 2.05) is 18.2 Å².